The third-order valence-electron chi connectivity index (χ3n) is 7.21. The number of likely N-dealkylation sites (N-methyl/N-ethyl adjacent to an activating group) is 1. The summed E-state index contributed by atoms with van der Waals surface area (Å²) in [4.78, 5) is 31.5. The highest BCUT2D eigenvalue weighted by Crippen LogP contribution is 2.41. The van der Waals surface area contributed by atoms with Crippen molar-refractivity contribution in [2.24, 2.45) is 5.41 Å². The van der Waals surface area contributed by atoms with Crippen LogP contribution in [0.1, 0.15) is 25.7 Å². The molecule has 170 valence electrons. The summed E-state index contributed by atoms with van der Waals surface area (Å²) in [6.45, 7) is 6.50. The Morgan fingerprint density at radius 1 is 1.13 bits per heavy atom. The van der Waals surface area contributed by atoms with Gasteiger partial charge in [-0.15, -0.1) is 0 Å². The number of hydrogen-bond donors (Lipinski definition) is 2. The number of amides is 2. The fourth-order valence-electron chi connectivity index (χ4n) is 5.23. The molecule has 0 unspecified atom stereocenters. The minimum atomic E-state index is -0.289. The number of piperazine rings is 1. The Kier molecular flexibility index (Phi) is 6.77. The van der Waals surface area contributed by atoms with Gasteiger partial charge in [-0.3, -0.25) is 14.5 Å². The van der Waals surface area contributed by atoms with Gasteiger partial charge < -0.3 is 20.4 Å². The number of nitrogens with one attached hydrogen (secondary N) is 2. The molecule has 3 aliphatic heterocycles. The van der Waals surface area contributed by atoms with Gasteiger partial charge in [0, 0.05) is 57.5 Å². The van der Waals surface area contributed by atoms with E-state index in [0.29, 0.717) is 19.6 Å². The predicted octanol–water partition coefficient (Wildman–Crippen LogP) is 1.05. The molecule has 0 saturated carbocycles. The van der Waals surface area contributed by atoms with Gasteiger partial charge in [0.2, 0.25) is 11.8 Å². The van der Waals surface area contributed by atoms with E-state index < -0.39 is 0 Å². The molecule has 0 bridgehead atoms. The van der Waals surface area contributed by atoms with Gasteiger partial charge in [-0.2, -0.15) is 0 Å². The summed E-state index contributed by atoms with van der Waals surface area (Å²) in [5.41, 5.74) is 0.785. The normalized spacial score (nSPS) is 23.9. The van der Waals surface area contributed by atoms with Crippen LogP contribution in [0.5, 0.6) is 0 Å². The number of likely N-dealkylation sites (tertiary alicyclic amines) is 1. The Morgan fingerprint density at radius 2 is 1.81 bits per heavy atom. The molecular formula is C23H34FN5O2. The van der Waals surface area contributed by atoms with Crippen molar-refractivity contribution in [2.75, 3.05) is 64.3 Å². The van der Waals surface area contributed by atoms with Gasteiger partial charge >= 0.3 is 0 Å². The molecule has 8 heteroatoms. The monoisotopic (exact) mass is 431 g/mol. The second kappa shape index (κ2) is 9.53. The first-order valence-corrected chi connectivity index (χ1v) is 11.5. The summed E-state index contributed by atoms with van der Waals surface area (Å²) < 4.78 is 13.1. The van der Waals surface area contributed by atoms with E-state index in [1.807, 2.05) is 17.0 Å². The van der Waals surface area contributed by atoms with Crippen molar-refractivity contribution in [3.05, 3.63) is 30.1 Å². The maximum atomic E-state index is 13.1. The van der Waals surface area contributed by atoms with Gasteiger partial charge in [-0.1, -0.05) is 0 Å². The summed E-state index contributed by atoms with van der Waals surface area (Å²) >= 11 is 0. The Balaban J connectivity index is 1.21. The molecular weight excluding hydrogens is 397 g/mol. The van der Waals surface area contributed by atoms with Crippen molar-refractivity contribution in [2.45, 2.75) is 31.7 Å². The standard InChI is InChI=1S/C23H34FN5O2/c1-25-17-21(30)29-10-7-23(8-11-29)16-19(26-22(23)31)6-9-27-12-14-28(15-13-27)20-4-2-18(24)3-5-20/h2-5,19,25H,6-17H2,1H3,(H,26,31)/t19-/m0/s1. The van der Waals surface area contributed by atoms with Crippen LogP contribution in [0.25, 0.3) is 0 Å². The van der Waals surface area contributed by atoms with Crippen LogP contribution in [0.15, 0.2) is 24.3 Å². The molecule has 2 N–H and O–H groups in total. The SMILES string of the molecule is CNCC(=O)N1CCC2(CC1)C[C@H](CCN1CCN(c3ccc(F)cc3)CC1)NC2=O. The lowest BCUT2D eigenvalue weighted by Gasteiger charge is -2.38. The lowest BCUT2D eigenvalue weighted by molar-refractivity contribution is -0.137. The first-order valence-electron chi connectivity index (χ1n) is 11.5. The second-order valence-corrected chi connectivity index (χ2v) is 9.16. The van der Waals surface area contributed by atoms with E-state index in [0.717, 1.165) is 64.1 Å². The van der Waals surface area contributed by atoms with Gasteiger partial charge in [0.25, 0.3) is 0 Å². The average molecular weight is 432 g/mol. The van der Waals surface area contributed by atoms with Crippen LogP contribution >= 0.6 is 0 Å². The van der Waals surface area contributed by atoms with Crippen molar-refractivity contribution in [1.29, 1.82) is 0 Å². The van der Waals surface area contributed by atoms with Crippen LogP contribution in [-0.4, -0.2) is 87.1 Å². The molecule has 0 radical (unpaired) electrons. The Hall–Kier alpha value is -2.19. The Labute approximate surface area is 183 Å². The van der Waals surface area contributed by atoms with Crippen molar-refractivity contribution < 1.29 is 14.0 Å². The number of carbonyl (C=O) groups excluding carboxylic acids is 2. The highest BCUT2D eigenvalue weighted by molar-refractivity contribution is 5.86. The molecule has 1 aromatic rings. The van der Waals surface area contributed by atoms with Crippen molar-refractivity contribution in [3.63, 3.8) is 0 Å². The van der Waals surface area contributed by atoms with E-state index >= 15 is 0 Å². The molecule has 31 heavy (non-hydrogen) atoms. The second-order valence-electron chi connectivity index (χ2n) is 9.16. The van der Waals surface area contributed by atoms with E-state index in [1.165, 1.54) is 12.1 Å². The topological polar surface area (TPSA) is 67.9 Å². The molecule has 3 saturated heterocycles. The number of piperidine rings is 1. The molecule has 1 atom stereocenters. The number of benzene rings is 1. The summed E-state index contributed by atoms with van der Waals surface area (Å²) in [6, 6.07) is 6.94. The van der Waals surface area contributed by atoms with Crippen LogP contribution in [0.4, 0.5) is 10.1 Å². The number of halogens is 1. The molecule has 3 aliphatic rings. The smallest absolute Gasteiger partial charge is 0.236 e. The molecule has 4 rings (SSSR count). The summed E-state index contributed by atoms with van der Waals surface area (Å²) in [5, 5.41) is 6.15. The quantitative estimate of drug-likeness (QED) is 0.705. The minimum Gasteiger partial charge on any atom is -0.369 e. The number of rotatable bonds is 6. The summed E-state index contributed by atoms with van der Waals surface area (Å²) in [5.74, 6) is 0.0976. The van der Waals surface area contributed by atoms with E-state index in [9.17, 15) is 14.0 Å². The van der Waals surface area contributed by atoms with Crippen LogP contribution in [0, 0.1) is 11.2 Å². The largest absolute Gasteiger partial charge is 0.369 e. The van der Waals surface area contributed by atoms with Gasteiger partial charge in [-0.25, -0.2) is 4.39 Å². The minimum absolute atomic E-state index is 0.118. The van der Waals surface area contributed by atoms with Crippen molar-refractivity contribution in [3.8, 4) is 0 Å². The molecule has 3 fully saturated rings. The predicted molar refractivity (Wildman–Crippen MR) is 118 cm³/mol. The third kappa shape index (κ3) is 5.01. The van der Waals surface area contributed by atoms with Crippen LogP contribution in [0.3, 0.4) is 0 Å². The summed E-state index contributed by atoms with van der Waals surface area (Å²) in [6.07, 6.45) is 3.38. The van der Waals surface area contributed by atoms with E-state index in [1.54, 1.807) is 7.05 Å². The van der Waals surface area contributed by atoms with Gasteiger partial charge in [0.05, 0.1) is 12.0 Å². The van der Waals surface area contributed by atoms with E-state index in [2.05, 4.69) is 20.4 Å². The molecule has 2 amide bonds. The van der Waals surface area contributed by atoms with E-state index in [-0.39, 0.29) is 29.1 Å². The van der Waals surface area contributed by atoms with Crippen LogP contribution in [0.2, 0.25) is 0 Å². The van der Waals surface area contributed by atoms with Crippen molar-refractivity contribution >= 4 is 17.5 Å². The molecule has 0 aliphatic carbocycles. The first kappa shape index (κ1) is 22.0. The highest BCUT2D eigenvalue weighted by Gasteiger charge is 2.48. The highest BCUT2D eigenvalue weighted by atomic mass is 19.1. The molecule has 1 spiro atoms. The Bertz CT molecular complexity index is 771. The number of carbonyl (C=O) groups is 2. The number of nitrogens with zero attached hydrogens (tertiary/aromatic N) is 3. The third-order valence-corrected chi connectivity index (χ3v) is 7.21. The molecule has 0 aromatic heterocycles. The van der Waals surface area contributed by atoms with Crippen molar-refractivity contribution in [1.82, 2.24) is 20.4 Å². The molecule has 1 aromatic carbocycles. The lowest BCUT2D eigenvalue weighted by atomic mass is 9.75. The summed E-state index contributed by atoms with van der Waals surface area (Å²) in [7, 11) is 1.78. The zero-order chi connectivity index (χ0) is 21.8. The Morgan fingerprint density at radius 3 is 2.45 bits per heavy atom. The van der Waals surface area contributed by atoms with E-state index in [4.69, 9.17) is 0 Å². The molecule has 7 nitrogen and oxygen atoms in total. The number of hydrogen-bond acceptors (Lipinski definition) is 5. The first-order chi connectivity index (χ1) is 15.0. The molecule has 3 heterocycles. The zero-order valence-corrected chi connectivity index (χ0v) is 18.4. The zero-order valence-electron chi connectivity index (χ0n) is 18.4. The lowest BCUT2D eigenvalue weighted by Crippen LogP contribution is -2.48. The fraction of sp³-hybridized carbons (Fsp3) is 0.652. The van der Waals surface area contributed by atoms with Crippen LogP contribution < -0.4 is 15.5 Å². The maximum absolute atomic E-state index is 13.1. The van der Waals surface area contributed by atoms with Gasteiger partial charge in [0.15, 0.2) is 0 Å². The van der Waals surface area contributed by atoms with Gasteiger partial charge in [0.1, 0.15) is 5.82 Å². The average Bonchev–Trinajstić information content (AvgIpc) is 3.08. The number of anilines is 1. The van der Waals surface area contributed by atoms with Crippen LogP contribution in [-0.2, 0) is 9.59 Å². The maximum Gasteiger partial charge on any atom is 0.236 e. The van der Waals surface area contributed by atoms with Gasteiger partial charge in [-0.05, 0) is 57.0 Å². The fourth-order valence-corrected chi connectivity index (χ4v) is 5.23.